The summed E-state index contributed by atoms with van der Waals surface area (Å²) in [6.45, 7) is 3.89. The molecule has 0 atom stereocenters. The van der Waals surface area contributed by atoms with Gasteiger partial charge in [-0.15, -0.1) is 0 Å². The Morgan fingerprint density at radius 3 is 2.55 bits per heavy atom. The van der Waals surface area contributed by atoms with Gasteiger partial charge in [-0.3, -0.25) is 4.79 Å². The van der Waals surface area contributed by atoms with Crippen LogP contribution in [0, 0.1) is 6.92 Å². The minimum absolute atomic E-state index is 0.000318. The summed E-state index contributed by atoms with van der Waals surface area (Å²) in [5.41, 5.74) is 7.09. The minimum Gasteiger partial charge on any atom is -0.492 e. The van der Waals surface area contributed by atoms with E-state index < -0.39 is 11.9 Å². The summed E-state index contributed by atoms with van der Waals surface area (Å²) in [5.74, 6) is -0.679. The fourth-order valence-electron chi connectivity index (χ4n) is 2.72. The van der Waals surface area contributed by atoms with Crippen molar-refractivity contribution in [1.29, 1.82) is 0 Å². The van der Waals surface area contributed by atoms with Gasteiger partial charge in [0.2, 0.25) is 0 Å². The van der Waals surface area contributed by atoms with Crippen molar-refractivity contribution in [3.05, 3.63) is 47.8 Å². The predicted molar refractivity (Wildman–Crippen MR) is 107 cm³/mol. The number of ether oxygens (including phenoxy) is 2. The van der Waals surface area contributed by atoms with Crippen molar-refractivity contribution >= 4 is 34.3 Å². The summed E-state index contributed by atoms with van der Waals surface area (Å²) in [5, 5.41) is 13.2. The number of nitrogens with one attached hydrogen (secondary N) is 1. The van der Waals surface area contributed by atoms with Crippen molar-refractivity contribution < 1.29 is 24.2 Å². The molecule has 4 N–H and O–H groups in total. The summed E-state index contributed by atoms with van der Waals surface area (Å²) in [6.07, 6.45) is 1.27. The second kappa shape index (κ2) is 8.42. The summed E-state index contributed by atoms with van der Waals surface area (Å²) in [7, 11) is 0. The molecule has 1 amide bonds. The summed E-state index contributed by atoms with van der Waals surface area (Å²) < 4.78 is 10.8. The number of nitrogens with zero attached hydrogens (tertiary/aromatic N) is 2. The Balaban J connectivity index is 2.02. The quantitative estimate of drug-likeness (QED) is 0.528. The molecule has 0 spiro atoms. The number of aromatic nitrogens is 2. The molecule has 0 aliphatic heterocycles. The van der Waals surface area contributed by atoms with Crippen LogP contribution >= 0.6 is 0 Å². The zero-order valence-corrected chi connectivity index (χ0v) is 15.9. The van der Waals surface area contributed by atoms with Gasteiger partial charge in [0, 0.05) is 17.3 Å². The average Bonchev–Trinajstić information content (AvgIpc) is 2.68. The zero-order chi connectivity index (χ0) is 21.0. The maximum Gasteiger partial charge on any atom is 0.339 e. The highest BCUT2D eigenvalue weighted by atomic mass is 16.5. The molecule has 2 aromatic heterocycles. The lowest BCUT2D eigenvalue weighted by molar-refractivity contribution is -0.119. The number of rotatable bonds is 8. The molecule has 0 fully saturated rings. The van der Waals surface area contributed by atoms with Crippen molar-refractivity contribution in [2.45, 2.75) is 13.8 Å². The number of nitrogens with two attached hydrogens (primary N) is 1. The van der Waals surface area contributed by atoms with E-state index in [9.17, 15) is 14.7 Å². The second-order valence-electron chi connectivity index (χ2n) is 6.13. The van der Waals surface area contributed by atoms with E-state index in [-0.39, 0.29) is 12.2 Å². The van der Waals surface area contributed by atoms with Crippen molar-refractivity contribution in [1.82, 2.24) is 9.97 Å². The van der Waals surface area contributed by atoms with Crippen molar-refractivity contribution in [2.24, 2.45) is 5.73 Å². The number of carboxylic acid groups (broad SMARTS) is 1. The normalized spacial score (nSPS) is 10.6. The van der Waals surface area contributed by atoms with E-state index in [4.69, 9.17) is 15.2 Å². The Morgan fingerprint density at radius 2 is 1.93 bits per heavy atom. The number of carbonyl (C=O) groups excluding carboxylic acids is 1. The highest BCUT2D eigenvalue weighted by Gasteiger charge is 2.17. The summed E-state index contributed by atoms with van der Waals surface area (Å²) >= 11 is 0. The molecule has 29 heavy (non-hydrogen) atoms. The second-order valence-corrected chi connectivity index (χ2v) is 6.13. The third kappa shape index (κ3) is 4.52. The van der Waals surface area contributed by atoms with E-state index in [1.165, 1.54) is 6.20 Å². The lowest BCUT2D eigenvalue weighted by atomic mass is 10.1. The molecule has 1 aromatic carbocycles. The molecule has 3 aromatic rings. The number of amides is 1. The predicted octanol–water partition coefficient (Wildman–Crippen LogP) is 2.64. The van der Waals surface area contributed by atoms with Crippen LogP contribution in [0.25, 0.3) is 11.0 Å². The van der Waals surface area contributed by atoms with Gasteiger partial charge in [0.1, 0.15) is 17.1 Å². The standard InChI is InChI=1S/C20H20N4O5/c1-3-28-16-8-14-18(15(20(26)27)9-22-19(14)23-11(16)2)24-12-4-6-13(7-5-12)29-10-17(21)25/h4-9H,3,10H2,1-2H3,(H2,21,25)(H,26,27)(H,22,23,24). The summed E-state index contributed by atoms with van der Waals surface area (Å²) in [4.78, 5) is 31.1. The Hall–Kier alpha value is -3.88. The fourth-order valence-corrected chi connectivity index (χ4v) is 2.72. The Morgan fingerprint density at radius 1 is 1.21 bits per heavy atom. The van der Waals surface area contributed by atoms with Gasteiger partial charge >= 0.3 is 5.97 Å². The van der Waals surface area contributed by atoms with Crippen molar-refractivity contribution in [2.75, 3.05) is 18.5 Å². The topological polar surface area (TPSA) is 137 Å². The van der Waals surface area contributed by atoms with E-state index in [0.717, 1.165) is 0 Å². The van der Waals surface area contributed by atoms with E-state index in [2.05, 4.69) is 15.3 Å². The van der Waals surface area contributed by atoms with Crippen molar-refractivity contribution in [3.8, 4) is 11.5 Å². The SMILES string of the molecule is CCOc1cc2c(Nc3ccc(OCC(N)=O)cc3)c(C(=O)O)cnc2nc1C. The van der Waals surface area contributed by atoms with Crippen LogP contribution in [0.2, 0.25) is 0 Å². The van der Waals surface area contributed by atoms with Crippen LogP contribution in [-0.2, 0) is 4.79 Å². The molecule has 9 nitrogen and oxygen atoms in total. The first-order valence-corrected chi connectivity index (χ1v) is 8.83. The van der Waals surface area contributed by atoms with Crippen LogP contribution in [0.1, 0.15) is 23.0 Å². The highest BCUT2D eigenvalue weighted by Crippen LogP contribution is 2.32. The first-order valence-electron chi connectivity index (χ1n) is 8.83. The number of carbonyl (C=O) groups is 2. The number of fused-ring (bicyclic) bond motifs is 1. The third-order valence-electron chi connectivity index (χ3n) is 4.04. The maximum atomic E-state index is 11.7. The maximum absolute atomic E-state index is 11.7. The molecular formula is C20H20N4O5. The Bertz CT molecular complexity index is 1070. The highest BCUT2D eigenvalue weighted by molar-refractivity contribution is 6.04. The number of hydrogen-bond acceptors (Lipinski definition) is 7. The largest absolute Gasteiger partial charge is 0.492 e. The molecule has 0 aliphatic rings. The molecule has 0 bridgehead atoms. The van der Waals surface area contributed by atoms with Gasteiger partial charge in [0.25, 0.3) is 5.91 Å². The van der Waals surface area contributed by atoms with Gasteiger partial charge < -0.3 is 25.6 Å². The van der Waals surface area contributed by atoms with E-state index >= 15 is 0 Å². The lowest BCUT2D eigenvalue weighted by Crippen LogP contribution is -2.19. The fraction of sp³-hybridized carbons (Fsp3) is 0.200. The number of carboxylic acids is 1. The molecule has 0 radical (unpaired) electrons. The molecule has 3 rings (SSSR count). The molecule has 0 saturated heterocycles. The van der Waals surface area contributed by atoms with Gasteiger partial charge in [-0.25, -0.2) is 14.8 Å². The number of anilines is 2. The van der Waals surface area contributed by atoms with Gasteiger partial charge in [-0.1, -0.05) is 0 Å². The van der Waals surface area contributed by atoms with Crippen LogP contribution in [0.5, 0.6) is 11.5 Å². The number of aromatic carboxylic acids is 1. The molecule has 150 valence electrons. The van der Waals surface area contributed by atoms with Gasteiger partial charge in [-0.2, -0.15) is 0 Å². The third-order valence-corrected chi connectivity index (χ3v) is 4.04. The minimum atomic E-state index is -1.12. The van der Waals surface area contributed by atoms with Crippen molar-refractivity contribution in [3.63, 3.8) is 0 Å². The molecular weight excluding hydrogens is 376 g/mol. The van der Waals surface area contributed by atoms with E-state index in [1.807, 2.05) is 6.92 Å². The smallest absolute Gasteiger partial charge is 0.339 e. The van der Waals surface area contributed by atoms with Crippen LogP contribution in [0.4, 0.5) is 11.4 Å². The molecule has 0 unspecified atom stereocenters. The monoisotopic (exact) mass is 396 g/mol. The van der Waals surface area contributed by atoms with Crippen LogP contribution in [0.15, 0.2) is 36.5 Å². The number of pyridine rings is 2. The first-order chi connectivity index (χ1) is 13.9. The van der Waals surface area contributed by atoms with Crippen LogP contribution in [0.3, 0.4) is 0 Å². The Labute approximate surface area is 166 Å². The van der Waals surface area contributed by atoms with Crippen LogP contribution < -0.4 is 20.5 Å². The van der Waals surface area contributed by atoms with E-state index in [0.29, 0.717) is 46.2 Å². The number of aryl methyl sites for hydroxylation is 1. The zero-order valence-electron chi connectivity index (χ0n) is 15.9. The van der Waals surface area contributed by atoms with Crippen LogP contribution in [-0.4, -0.2) is 40.2 Å². The summed E-state index contributed by atoms with van der Waals surface area (Å²) in [6, 6.07) is 8.40. The Kier molecular flexibility index (Phi) is 5.77. The average molecular weight is 396 g/mol. The number of primary amides is 1. The molecule has 0 aliphatic carbocycles. The molecule has 9 heteroatoms. The van der Waals surface area contributed by atoms with Gasteiger partial charge in [0.05, 0.1) is 18.0 Å². The lowest BCUT2D eigenvalue weighted by Gasteiger charge is -2.15. The van der Waals surface area contributed by atoms with Gasteiger partial charge in [0.15, 0.2) is 12.3 Å². The number of benzene rings is 1. The molecule has 0 saturated carbocycles. The molecule has 2 heterocycles. The van der Waals surface area contributed by atoms with Gasteiger partial charge in [-0.05, 0) is 44.2 Å². The first kappa shape index (κ1) is 19.9. The number of hydrogen-bond donors (Lipinski definition) is 3. The van der Waals surface area contributed by atoms with E-state index in [1.54, 1.807) is 37.3 Å².